The van der Waals surface area contributed by atoms with Gasteiger partial charge in [-0.05, 0) is 68.7 Å². The largest absolute Gasteiger partial charge is 0.329 e. The van der Waals surface area contributed by atoms with Crippen molar-refractivity contribution in [3.05, 3.63) is 34.9 Å². The molecule has 0 radical (unpaired) electrons. The second-order valence-electron chi connectivity index (χ2n) is 7.09. The lowest BCUT2D eigenvalue weighted by molar-refractivity contribution is 0.138. The van der Waals surface area contributed by atoms with Crippen molar-refractivity contribution in [1.29, 1.82) is 0 Å². The monoisotopic (exact) mass is 286 g/mol. The Hall–Kier alpha value is -0.860. The molecule has 1 heterocycles. The van der Waals surface area contributed by atoms with E-state index in [2.05, 4.69) is 36.9 Å². The third-order valence-corrected chi connectivity index (χ3v) is 5.83. The van der Waals surface area contributed by atoms with Gasteiger partial charge in [0, 0.05) is 18.6 Å². The zero-order valence-electron chi connectivity index (χ0n) is 13.6. The van der Waals surface area contributed by atoms with Gasteiger partial charge in [-0.25, -0.2) is 0 Å². The molecule has 0 bridgehead atoms. The minimum absolute atomic E-state index is 0.414. The van der Waals surface area contributed by atoms with Crippen LogP contribution in [0.1, 0.15) is 61.3 Å². The first-order valence-electron chi connectivity index (χ1n) is 8.73. The number of likely N-dealkylation sites (tertiary alicyclic amines) is 1. The number of nitrogens with zero attached hydrogens (tertiary/aromatic N) is 1. The second-order valence-corrected chi connectivity index (χ2v) is 7.09. The number of nitrogens with two attached hydrogens (primary N) is 1. The summed E-state index contributed by atoms with van der Waals surface area (Å²) in [5.41, 5.74) is 10.4. The number of hydrogen-bond acceptors (Lipinski definition) is 2. The molecule has 2 fully saturated rings. The van der Waals surface area contributed by atoms with E-state index in [0.29, 0.717) is 6.04 Å². The quantitative estimate of drug-likeness (QED) is 0.908. The fraction of sp³-hybridized carbons (Fsp3) is 0.684. The van der Waals surface area contributed by atoms with Crippen LogP contribution in [0.15, 0.2) is 18.2 Å². The zero-order chi connectivity index (χ0) is 14.8. The highest BCUT2D eigenvalue weighted by Gasteiger charge is 2.36. The van der Waals surface area contributed by atoms with Crippen LogP contribution in [0.5, 0.6) is 0 Å². The van der Waals surface area contributed by atoms with Gasteiger partial charge in [0.25, 0.3) is 0 Å². The fourth-order valence-electron chi connectivity index (χ4n) is 4.49. The molecule has 2 heteroatoms. The topological polar surface area (TPSA) is 29.3 Å². The molecule has 2 aliphatic rings. The Morgan fingerprint density at radius 2 is 1.86 bits per heavy atom. The van der Waals surface area contributed by atoms with Crippen LogP contribution in [-0.2, 0) is 0 Å². The molecule has 1 saturated carbocycles. The van der Waals surface area contributed by atoms with Gasteiger partial charge in [0.1, 0.15) is 0 Å². The maximum Gasteiger partial charge on any atom is 0.0473 e. The van der Waals surface area contributed by atoms with Gasteiger partial charge in [0.15, 0.2) is 0 Å². The van der Waals surface area contributed by atoms with E-state index in [0.717, 1.165) is 18.5 Å². The van der Waals surface area contributed by atoms with Gasteiger partial charge in [-0.15, -0.1) is 0 Å². The molecule has 1 aromatic rings. The summed E-state index contributed by atoms with van der Waals surface area (Å²) in [5, 5.41) is 0. The van der Waals surface area contributed by atoms with Gasteiger partial charge in [0.2, 0.25) is 0 Å². The molecule has 2 unspecified atom stereocenters. The van der Waals surface area contributed by atoms with Crippen LogP contribution in [0.25, 0.3) is 0 Å². The van der Waals surface area contributed by atoms with Crippen molar-refractivity contribution in [1.82, 2.24) is 4.90 Å². The molecular weight excluding hydrogens is 256 g/mol. The fourth-order valence-corrected chi connectivity index (χ4v) is 4.49. The number of hydrogen-bond donors (Lipinski definition) is 1. The first-order valence-corrected chi connectivity index (χ1v) is 8.73. The number of aryl methyl sites for hydroxylation is 2. The van der Waals surface area contributed by atoms with Gasteiger partial charge in [0.05, 0.1) is 0 Å². The van der Waals surface area contributed by atoms with E-state index >= 15 is 0 Å². The second kappa shape index (κ2) is 6.50. The minimum atomic E-state index is 0.414. The molecule has 1 aromatic carbocycles. The molecule has 0 amide bonds. The summed E-state index contributed by atoms with van der Waals surface area (Å²) in [6, 6.07) is 8.11. The van der Waals surface area contributed by atoms with Crippen LogP contribution in [0, 0.1) is 19.8 Å². The maximum atomic E-state index is 6.19. The van der Waals surface area contributed by atoms with Crippen LogP contribution in [-0.4, -0.2) is 24.0 Å². The van der Waals surface area contributed by atoms with Gasteiger partial charge >= 0.3 is 0 Å². The Kier molecular flexibility index (Phi) is 4.66. The molecule has 3 rings (SSSR count). The lowest BCUT2D eigenvalue weighted by atomic mass is 9.93. The van der Waals surface area contributed by atoms with E-state index < -0.39 is 0 Å². The predicted molar refractivity (Wildman–Crippen MR) is 89.4 cm³/mol. The lowest BCUT2D eigenvalue weighted by Crippen LogP contribution is -2.40. The van der Waals surface area contributed by atoms with Crippen molar-refractivity contribution in [2.24, 2.45) is 11.7 Å². The summed E-state index contributed by atoms with van der Waals surface area (Å²) in [6.45, 7) is 6.38. The Morgan fingerprint density at radius 3 is 2.52 bits per heavy atom. The summed E-state index contributed by atoms with van der Waals surface area (Å²) in [5.74, 6) is 0.924. The Balaban J connectivity index is 1.82. The highest BCUT2D eigenvalue weighted by Crippen LogP contribution is 2.39. The lowest BCUT2D eigenvalue weighted by Gasteiger charge is -2.36. The van der Waals surface area contributed by atoms with Crippen LogP contribution in [0.2, 0.25) is 0 Å². The van der Waals surface area contributed by atoms with Crippen LogP contribution in [0.3, 0.4) is 0 Å². The third kappa shape index (κ3) is 3.02. The Bertz CT molecular complexity index is 476. The molecule has 2 nitrogen and oxygen atoms in total. The normalized spacial score (nSPS) is 25.6. The SMILES string of the molecule is Cc1ccc(C(CN)N2CCCC2C2CCCC2)cc1C. The van der Waals surface area contributed by atoms with E-state index in [1.165, 1.54) is 61.8 Å². The predicted octanol–water partition coefficient (Wildman–Crippen LogP) is 3.96. The Labute approximate surface area is 129 Å². The van der Waals surface area contributed by atoms with E-state index in [9.17, 15) is 0 Å². The standard InChI is InChI=1S/C19H30N2/c1-14-9-10-17(12-15(14)2)19(13-20)21-11-5-8-18(21)16-6-3-4-7-16/h9-10,12,16,18-19H,3-8,11,13,20H2,1-2H3. The summed E-state index contributed by atoms with van der Waals surface area (Å²) in [7, 11) is 0. The summed E-state index contributed by atoms with van der Waals surface area (Å²) < 4.78 is 0. The molecule has 21 heavy (non-hydrogen) atoms. The number of rotatable bonds is 4. The van der Waals surface area contributed by atoms with Crippen LogP contribution in [0.4, 0.5) is 0 Å². The Morgan fingerprint density at radius 1 is 1.10 bits per heavy atom. The van der Waals surface area contributed by atoms with Crippen molar-refractivity contribution in [3.8, 4) is 0 Å². The van der Waals surface area contributed by atoms with E-state index in [-0.39, 0.29) is 0 Å². The summed E-state index contributed by atoms with van der Waals surface area (Å²) >= 11 is 0. The molecule has 2 N–H and O–H groups in total. The van der Waals surface area contributed by atoms with Gasteiger partial charge in [-0.2, -0.15) is 0 Å². The van der Waals surface area contributed by atoms with E-state index in [4.69, 9.17) is 5.73 Å². The van der Waals surface area contributed by atoms with Crippen LogP contribution < -0.4 is 5.73 Å². The van der Waals surface area contributed by atoms with Crippen molar-refractivity contribution in [3.63, 3.8) is 0 Å². The molecule has 1 aliphatic carbocycles. The maximum absolute atomic E-state index is 6.19. The van der Waals surface area contributed by atoms with Gasteiger partial charge in [-0.1, -0.05) is 31.0 Å². The minimum Gasteiger partial charge on any atom is -0.329 e. The van der Waals surface area contributed by atoms with E-state index in [1.807, 2.05) is 0 Å². The highest BCUT2D eigenvalue weighted by atomic mass is 15.2. The van der Waals surface area contributed by atoms with Crippen molar-refractivity contribution >= 4 is 0 Å². The number of benzene rings is 1. The molecule has 1 aliphatic heterocycles. The molecule has 0 aromatic heterocycles. The molecule has 2 atom stereocenters. The highest BCUT2D eigenvalue weighted by molar-refractivity contribution is 5.32. The first-order chi connectivity index (χ1) is 10.2. The molecule has 116 valence electrons. The molecule has 0 spiro atoms. The average molecular weight is 286 g/mol. The zero-order valence-corrected chi connectivity index (χ0v) is 13.6. The summed E-state index contributed by atoms with van der Waals surface area (Å²) in [4.78, 5) is 2.74. The van der Waals surface area contributed by atoms with Crippen molar-refractivity contribution in [2.75, 3.05) is 13.1 Å². The van der Waals surface area contributed by atoms with E-state index in [1.54, 1.807) is 0 Å². The molecular formula is C19H30N2. The van der Waals surface area contributed by atoms with Gasteiger partial charge in [-0.3, -0.25) is 4.90 Å². The van der Waals surface area contributed by atoms with Crippen molar-refractivity contribution in [2.45, 2.75) is 64.5 Å². The van der Waals surface area contributed by atoms with Crippen LogP contribution >= 0.6 is 0 Å². The van der Waals surface area contributed by atoms with Crippen molar-refractivity contribution < 1.29 is 0 Å². The summed E-state index contributed by atoms with van der Waals surface area (Å²) in [6.07, 6.45) is 8.48. The van der Waals surface area contributed by atoms with Gasteiger partial charge < -0.3 is 5.73 Å². The molecule has 1 saturated heterocycles. The first kappa shape index (κ1) is 15.1. The average Bonchev–Trinajstić information content (AvgIpc) is 3.14. The third-order valence-electron chi connectivity index (χ3n) is 5.83. The smallest absolute Gasteiger partial charge is 0.0473 e.